The lowest BCUT2D eigenvalue weighted by molar-refractivity contribution is -0.646. The minimum absolute atomic E-state index is 0.00363. The average Bonchev–Trinajstić information content (AvgIpc) is 2.85. The highest BCUT2D eigenvalue weighted by Crippen LogP contribution is 2.41. The summed E-state index contributed by atoms with van der Waals surface area (Å²) in [5, 5.41) is 24.5. The van der Waals surface area contributed by atoms with E-state index in [9.17, 15) is 24.1 Å². The van der Waals surface area contributed by atoms with Crippen molar-refractivity contribution >= 4 is 22.7 Å². The number of cyclic esters (lactones) is 1. The molecule has 0 saturated carbocycles. The van der Waals surface area contributed by atoms with Gasteiger partial charge in [-0.05, 0) is 13.0 Å². The summed E-state index contributed by atoms with van der Waals surface area (Å²) in [6, 6.07) is 2.93. The van der Waals surface area contributed by atoms with Crippen LogP contribution in [0, 0.1) is 5.21 Å². The van der Waals surface area contributed by atoms with Crippen molar-refractivity contribution < 1.29 is 28.4 Å². The third-order valence-corrected chi connectivity index (χ3v) is 4.93. The summed E-state index contributed by atoms with van der Waals surface area (Å²) in [6.07, 6.45) is 2.51. The van der Waals surface area contributed by atoms with Crippen molar-refractivity contribution in [2.24, 2.45) is 0 Å². The number of esters is 1. The second kappa shape index (κ2) is 5.75. The van der Waals surface area contributed by atoms with Gasteiger partial charge >= 0.3 is 11.9 Å². The number of hydrogen-bond donors (Lipinski definition) is 2. The fourth-order valence-electron chi connectivity index (χ4n) is 3.06. The first kappa shape index (κ1) is 16.2. The molecular weight excluding hydrogens is 336 g/mol. The van der Waals surface area contributed by atoms with E-state index in [1.807, 2.05) is 0 Å². The van der Waals surface area contributed by atoms with Gasteiger partial charge in [0.15, 0.2) is 6.20 Å². The number of carboxylic acid groups (broad SMARTS) is 1. The summed E-state index contributed by atoms with van der Waals surface area (Å²) < 4.78 is 17.5. The van der Waals surface area contributed by atoms with E-state index in [1.165, 1.54) is 24.6 Å². The quantitative estimate of drug-likeness (QED) is 0.444. The minimum Gasteiger partial charge on any atom is -0.618 e. The molecule has 0 fully saturated rings. The van der Waals surface area contributed by atoms with E-state index in [1.54, 1.807) is 6.92 Å². The molecule has 1 aromatic rings. The first-order valence-corrected chi connectivity index (χ1v) is 8.55. The van der Waals surface area contributed by atoms with Crippen LogP contribution in [0.3, 0.4) is 0 Å². The zero-order valence-electron chi connectivity index (χ0n) is 12.9. The van der Waals surface area contributed by atoms with Crippen molar-refractivity contribution in [2.45, 2.75) is 17.9 Å². The molecule has 8 nitrogen and oxygen atoms in total. The van der Waals surface area contributed by atoms with E-state index in [2.05, 4.69) is 5.32 Å². The molecule has 3 heterocycles. The molecule has 0 spiro atoms. The van der Waals surface area contributed by atoms with Gasteiger partial charge in [0.25, 0.3) is 5.03 Å². The van der Waals surface area contributed by atoms with Gasteiger partial charge in [-0.25, -0.2) is 13.8 Å². The Kier molecular flexibility index (Phi) is 3.88. The lowest BCUT2D eigenvalue weighted by Crippen LogP contribution is -2.36. The molecule has 2 aliphatic heterocycles. The number of rotatable bonds is 3. The zero-order valence-corrected chi connectivity index (χ0v) is 13.7. The summed E-state index contributed by atoms with van der Waals surface area (Å²) in [4.78, 5) is 23.9. The highest BCUT2D eigenvalue weighted by Gasteiger charge is 2.44. The topological polar surface area (TPSA) is 120 Å². The largest absolute Gasteiger partial charge is 0.618 e. The van der Waals surface area contributed by atoms with Gasteiger partial charge in [0, 0.05) is 23.6 Å². The van der Waals surface area contributed by atoms with Crippen molar-refractivity contribution in [3.8, 4) is 0 Å². The minimum atomic E-state index is -1.67. The summed E-state index contributed by atoms with van der Waals surface area (Å²) in [7, 11) is -1.67. The van der Waals surface area contributed by atoms with Crippen LogP contribution in [0.25, 0.3) is 0 Å². The van der Waals surface area contributed by atoms with Crippen LogP contribution in [-0.2, 0) is 25.1 Å². The number of aromatic nitrogens is 1. The molecule has 0 radical (unpaired) electrons. The molecule has 0 amide bonds. The van der Waals surface area contributed by atoms with Gasteiger partial charge in [0.1, 0.15) is 17.4 Å². The van der Waals surface area contributed by atoms with Gasteiger partial charge in [-0.2, -0.15) is 4.73 Å². The summed E-state index contributed by atoms with van der Waals surface area (Å²) in [5.74, 6) is -2.90. The van der Waals surface area contributed by atoms with Crippen LogP contribution in [0.2, 0.25) is 0 Å². The maximum absolute atomic E-state index is 12.1. The van der Waals surface area contributed by atoms with Crippen LogP contribution in [-0.4, -0.2) is 34.1 Å². The van der Waals surface area contributed by atoms with Crippen LogP contribution < -0.4 is 10.0 Å². The molecule has 1 aromatic heterocycles. The highest BCUT2D eigenvalue weighted by atomic mass is 32.2. The maximum atomic E-state index is 12.1. The van der Waals surface area contributed by atoms with Gasteiger partial charge < -0.3 is 20.4 Å². The Labute approximate surface area is 139 Å². The number of pyridine rings is 1. The first-order valence-electron chi connectivity index (χ1n) is 6.99. The predicted octanol–water partition coefficient (Wildman–Crippen LogP) is -0.0863. The van der Waals surface area contributed by atoms with E-state index < -0.39 is 28.7 Å². The smallest absolute Gasteiger partial charge is 0.337 e. The summed E-state index contributed by atoms with van der Waals surface area (Å²) in [5.41, 5.74) is 1.08. The van der Waals surface area contributed by atoms with Crippen LogP contribution >= 0.6 is 0 Å². The molecule has 2 atom stereocenters. The standard InChI is InChI=1S/C15H14N2O6S/c1-7-10(14(18)19)11(12-9(16-7)6-23-15(12)20)8-4-3-5-17(21)13(8)24(2)22/h3-5,11,16H,6H2,1-2H3,(H,18,19). The van der Waals surface area contributed by atoms with E-state index in [-0.39, 0.29) is 28.3 Å². The summed E-state index contributed by atoms with van der Waals surface area (Å²) in [6.45, 7) is 1.57. The Morgan fingerprint density at radius 2 is 2.25 bits per heavy atom. The summed E-state index contributed by atoms with van der Waals surface area (Å²) >= 11 is 0. The van der Waals surface area contributed by atoms with Gasteiger partial charge in [-0.3, -0.25) is 0 Å². The molecule has 0 aliphatic carbocycles. The van der Waals surface area contributed by atoms with Gasteiger partial charge in [0.2, 0.25) is 0 Å². The fourth-order valence-corrected chi connectivity index (χ4v) is 3.90. The fraction of sp³-hybridized carbons (Fsp3) is 0.267. The number of hydrogen-bond acceptors (Lipinski definition) is 6. The molecule has 2 aliphatic rings. The molecule has 0 aromatic carbocycles. The SMILES string of the molecule is CC1=C(C(=O)O)C(c2ccc[n+]([O-])c2S(C)=O)C2=C(COC2=O)N1. The normalized spacial score (nSPS) is 21.2. The Hall–Kier alpha value is -2.68. The number of carbonyl (C=O) groups excluding carboxylic acids is 1. The van der Waals surface area contributed by atoms with Crippen molar-refractivity contribution in [1.82, 2.24) is 5.32 Å². The number of nitrogens with one attached hydrogen (secondary N) is 1. The van der Waals surface area contributed by atoms with E-state index >= 15 is 0 Å². The van der Waals surface area contributed by atoms with E-state index in [4.69, 9.17) is 4.74 Å². The third kappa shape index (κ3) is 2.37. The lowest BCUT2D eigenvalue weighted by Gasteiger charge is -2.26. The Morgan fingerprint density at radius 3 is 2.88 bits per heavy atom. The van der Waals surface area contributed by atoms with Crippen molar-refractivity contribution in [3.63, 3.8) is 0 Å². The van der Waals surface area contributed by atoms with Crippen LogP contribution in [0.15, 0.2) is 45.9 Å². The van der Waals surface area contributed by atoms with Crippen molar-refractivity contribution in [2.75, 3.05) is 12.9 Å². The Bertz CT molecular complexity index is 856. The molecule has 9 heteroatoms. The monoisotopic (exact) mass is 350 g/mol. The molecule has 0 bridgehead atoms. The number of carboxylic acids is 1. The second-order valence-electron chi connectivity index (χ2n) is 5.42. The lowest BCUT2D eigenvalue weighted by atomic mass is 9.81. The molecule has 2 N–H and O–H groups in total. The van der Waals surface area contributed by atoms with Crippen molar-refractivity contribution in [3.05, 3.63) is 51.6 Å². The number of dihydropyridines is 1. The molecule has 0 saturated heterocycles. The van der Waals surface area contributed by atoms with Crippen LogP contribution in [0.1, 0.15) is 18.4 Å². The van der Waals surface area contributed by atoms with Crippen molar-refractivity contribution in [1.29, 1.82) is 0 Å². The molecule has 2 unspecified atom stereocenters. The van der Waals surface area contributed by atoms with Gasteiger partial charge in [-0.1, -0.05) is 0 Å². The van der Waals surface area contributed by atoms with E-state index in [0.29, 0.717) is 16.1 Å². The maximum Gasteiger partial charge on any atom is 0.337 e. The molecule has 24 heavy (non-hydrogen) atoms. The molecular formula is C15H14N2O6S. The second-order valence-corrected chi connectivity index (χ2v) is 6.71. The zero-order chi connectivity index (χ0) is 17.6. The predicted molar refractivity (Wildman–Crippen MR) is 81.9 cm³/mol. The Morgan fingerprint density at radius 1 is 1.54 bits per heavy atom. The highest BCUT2D eigenvalue weighted by molar-refractivity contribution is 7.84. The number of allylic oxidation sites excluding steroid dienone is 1. The number of ether oxygens (including phenoxy) is 1. The van der Waals surface area contributed by atoms with Crippen LogP contribution in [0.4, 0.5) is 0 Å². The van der Waals surface area contributed by atoms with E-state index in [0.717, 1.165) is 0 Å². The number of nitrogens with zero attached hydrogens (tertiary/aromatic N) is 1. The number of carbonyl (C=O) groups is 2. The van der Waals surface area contributed by atoms with Gasteiger partial charge in [-0.15, -0.1) is 0 Å². The molecule has 3 rings (SSSR count). The average molecular weight is 350 g/mol. The van der Waals surface area contributed by atoms with Gasteiger partial charge in [0.05, 0.1) is 22.8 Å². The molecule has 126 valence electrons. The third-order valence-electron chi connectivity index (χ3n) is 3.97. The van der Waals surface area contributed by atoms with Crippen LogP contribution in [0.5, 0.6) is 0 Å². The Balaban J connectivity index is 2.31. The number of aliphatic carboxylic acids is 1. The first-order chi connectivity index (χ1) is 11.3.